The Labute approximate surface area is 146 Å². The highest BCUT2D eigenvalue weighted by Crippen LogP contribution is 2.17. The number of sulfone groups is 1. The Bertz CT molecular complexity index is 866. The van der Waals surface area contributed by atoms with Crippen molar-refractivity contribution in [3.8, 4) is 0 Å². The standard InChI is InChI=1S/C17H20N4O3S/c1-2-12-5-3-4-6-14(12)21-17(22)15-9-19-16(10-18-15)20-13-7-8-25(23,24)11-13/h3-6,9-10,13H,2,7-8,11H2,1H3,(H,19,20)(H,21,22). The Balaban J connectivity index is 1.64. The molecule has 7 nitrogen and oxygen atoms in total. The first-order valence-corrected chi connectivity index (χ1v) is 9.97. The molecule has 8 heteroatoms. The van der Waals surface area contributed by atoms with Gasteiger partial charge in [0, 0.05) is 11.7 Å². The van der Waals surface area contributed by atoms with Gasteiger partial charge in [-0.05, 0) is 24.5 Å². The monoisotopic (exact) mass is 360 g/mol. The number of nitrogens with one attached hydrogen (secondary N) is 2. The maximum absolute atomic E-state index is 12.3. The van der Waals surface area contributed by atoms with Crippen molar-refractivity contribution in [1.82, 2.24) is 9.97 Å². The topological polar surface area (TPSA) is 101 Å². The largest absolute Gasteiger partial charge is 0.365 e. The third kappa shape index (κ3) is 4.33. The van der Waals surface area contributed by atoms with Crippen molar-refractivity contribution in [3.05, 3.63) is 47.9 Å². The van der Waals surface area contributed by atoms with Gasteiger partial charge >= 0.3 is 0 Å². The van der Waals surface area contributed by atoms with Crippen molar-refractivity contribution in [1.29, 1.82) is 0 Å². The molecule has 1 aliphatic heterocycles. The first-order chi connectivity index (χ1) is 12.0. The molecule has 25 heavy (non-hydrogen) atoms. The van der Waals surface area contributed by atoms with Gasteiger partial charge in [-0.3, -0.25) is 4.79 Å². The van der Waals surface area contributed by atoms with Crippen LogP contribution in [0.15, 0.2) is 36.7 Å². The summed E-state index contributed by atoms with van der Waals surface area (Å²) in [4.78, 5) is 20.6. The number of anilines is 2. The summed E-state index contributed by atoms with van der Waals surface area (Å²) in [5, 5.41) is 5.89. The molecular weight excluding hydrogens is 340 g/mol. The highest BCUT2D eigenvalue weighted by molar-refractivity contribution is 7.91. The number of hydrogen-bond donors (Lipinski definition) is 2. The molecule has 0 spiro atoms. The second-order valence-electron chi connectivity index (χ2n) is 6.00. The molecule has 2 heterocycles. The van der Waals surface area contributed by atoms with Crippen LogP contribution in [0.25, 0.3) is 0 Å². The predicted octanol–water partition coefficient (Wildman–Crippen LogP) is 1.89. The summed E-state index contributed by atoms with van der Waals surface area (Å²) in [5.74, 6) is 0.427. The zero-order valence-corrected chi connectivity index (χ0v) is 14.7. The summed E-state index contributed by atoms with van der Waals surface area (Å²) >= 11 is 0. The zero-order chi connectivity index (χ0) is 17.9. The van der Waals surface area contributed by atoms with Crippen LogP contribution in [0.5, 0.6) is 0 Å². The van der Waals surface area contributed by atoms with Gasteiger partial charge in [-0.1, -0.05) is 25.1 Å². The van der Waals surface area contributed by atoms with E-state index in [0.717, 1.165) is 17.7 Å². The number of hydrogen-bond acceptors (Lipinski definition) is 6. The maximum atomic E-state index is 12.3. The van der Waals surface area contributed by atoms with Crippen LogP contribution in [-0.2, 0) is 16.3 Å². The van der Waals surface area contributed by atoms with Crippen molar-refractivity contribution < 1.29 is 13.2 Å². The van der Waals surface area contributed by atoms with Gasteiger partial charge in [-0.25, -0.2) is 18.4 Å². The van der Waals surface area contributed by atoms with E-state index in [9.17, 15) is 13.2 Å². The van der Waals surface area contributed by atoms with E-state index in [0.29, 0.717) is 12.2 Å². The van der Waals surface area contributed by atoms with Gasteiger partial charge in [0.2, 0.25) is 0 Å². The number of aryl methyl sites for hydroxylation is 1. The Hall–Kier alpha value is -2.48. The summed E-state index contributed by atoms with van der Waals surface area (Å²) < 4.78 is 22.9. The van der Waals surface area contributed by atoms with Gasteiger partial charge < -0.3 is 10.6 Å². The van der Waals surface area contributed by atoms with Gasteiger partial charge in [0.25, 0.3) is 5.91 Å². The molecule has 0 aliphatic carbocycles. The number of para-hydroxylation sites is 1. The molecular formula is C17H20N4O3S. The number of nitrogens with zero attached hydrogens (tertiary/aromatic N) is 2. The van der Waals surface area contributed by atoms with E-state index in [4.69, 9.17) is 0 Å². The number of amides is 1. The third-order valence-electron chi connectivity index (χ3n) is 4.12. The molecule has 1 unspecified atom stereocenters. The van der Waals surface area contributed by atoms with Crippen molar-refractivity contribution in [2.24, 2.45) is 0 Å². The Morgan fingerprint density at radius 3 is 2.68 bits per heavy atom. The minimum atomic E-state index is -2.95. The molecule has 1 amide bonds. The molecule has 1 aliphatic rings. The van der Waals surface area contributed by atoms with E-state index < -0.39 is 9.84 Å². The van der Waals surface area contributed by atoms with E-state index in [1.54, 1.807) is 0 Å². The SMILES string of the molecule is CCc1ccccc1NC(=O)c1cnc(NC2CCS(=O)(=O)C2)cn1. The molecule has 0 radical (unpaired) electrons. The fourth-order valence-corrected chi connectivity index (χ4v) is 4.45. The normalized spacial score (nSPS) is 18.7. The predicted molar refractivity (Wildman–Crippen MR) is 96.5 cm³/mol. The first-order valence-electron chi connectivity index (χ1n) is 8.15. The Kier molecular flexibility index (Phi) is 4.98. The Morgan fingerprint density at radius 1 is 1.24 bits per heavy atom. The molecule has 2 N–H and O–H groups in total. The van der Waals surface area contributed by atoms with Crippen molar-refractivity contribution in [2.45, 2.75) is 25.8 Å². The molecule has 0 bridgehead atoms. The van der Waals surface area contributed by atoms with E-state index in [-0.39, 0.29) is 29.1 Å². The van der Waals surface area contributed by atoms with Gasteiger partial charge in [-0.2, -0.15) is 0 Å². The average Bonchev–Trinajstić information content (AvgIpc) is 2.94. The fourth-order valence-electron chi connectivity index (χ4n) is 2.77. The quantitative estimate of drug-likeness (QED) is 0.844. The van der Waals surface area contributed by atoms with Gasteiger partial charge in [0.1, 0.15) is 11.5 Å². The van der Waals surface area contributed by atoms with E-state index >= 15 is 0 Å². The summed E-state index contributed by atoms with van der Waals surface area (Å²) in [7, 11) is -2.95. The van der Waals surface area contributed by atoms with Crippen LogP contribution in [-0.4, -0.2) is 41.8 Å². The fraction of sp³-hybridized carbons (Fsp3) is 0.353. The van der Waals surface area contributed by atoms with E-state index in [1.165, 1.54) is 12.4 Å². The van der Waals surface area contributed by atoms with Crippen LogP contribution in [0, 0.1) is 0 Å². The molecule has 2 aromatic rings. The van der Waals surface area contributed by atoms with Crippen molar-refractivity contribution in [2.75, 3.05) is 22.1 Å². The second kappa shape index (κ2) is 7.18. The number of benzene rings is 1. The number of carbonyl (C=O) groups excluding carboxylic acids is 1. The summed E-state index contributed by atoms with van der Waals surface area (Å²) in [6.07, 6.45) is 4.20. The van der Waals surface area contributed by atoms with Crippen LogP contribution >= 0.6 is 0 Å². The summed E-state index contributed by atoms with van der Waals surface area (Å²) in [6, 6.07) is 7.45. The Morgan fingerprint density at radius 2 is 2.04 bits per heavy atom. The molecule has 1 aromatic heterocycles. The van der Waals surface area contributed by atoms with Crippen LogP contribution < -0.4 is 10.6 Å². The van der Waals surface area contributed by atoms with Gasteiger partial charge in [0.15, 0.2) is 9.84 Å². The number of rotatable bonds is 5. The highest BCUT2D eigenvalue weighted by atomic mass is 32.2. The summed E-state index contributed by atoms with van der Waals surface area (Å²) in [5.41, 5.74) is 2.01. The summed E-state index contributed by atoms with van der Waals surface area (Å²) in [6.45, 7) is 2.02. The number of aromatic nitrogens is 2. The van der Waals surface area contributed by atoms with Crippen LogP contribution in [0.1, 0.15) is 29.4 Å². The van der Waals surface area contributed by atoms with Gasteiger partial charge in [-0.15, -0.1) is 0 Å². The molecule has 1 atom stereocenters. The molecule has 1 aromatic carbocycles. The minimum Gasteiger partial charge on any atom is -0.365 e. The lowest BCUT2D eigenvalue weighted by molar-refractivity contribution is 0.102. The van der Waals surface area contributed by atoms with E-state index in [2.05, 4.69) is 20.6 Å². The molecule has 0 saturated carbocycles. The molecule has 1 saturated heterocycles. The second-order valence-corrected chi connectivity index (χ2v) is 8.22. The van der Waals surface area contributed by atoms with Gasteiger partial charge in [0.05, 0.1) is 23.9 Å². The number of carbonyl (C=O) groups is 1. The van der Waals surface area contributed by atoms with E-state index in [1.807, 2.05) is 31.2 Å². The molecule has 132 valence electrons. The average molecular weight is 360 g/mol. The lowest BCUT2D eigenvalue weighted by Gasteiger charge is -2.12. The molecule has 1 fully saturated rings. The zero-order valence-electron chi connectivity index (χ0n) is 13.9. The van der Waals surface area contributed by atoms with Crippen LogP contribution in [0.3, 0.4) is 0 Å². The minimum absolute atomic E-state index is 0.102. The molecule has 3 rings (SSSR count). The lowest BCUT2D eigenvalue weighted by Crippen LogP contribution is -2.22. The van der Waals surface area contributed by atoms with Crippen molar-refractivity contribution in [3.63, 3.8) is 0 Å². The third-order valence-corrected chi connectivity index (χ3v) is 5.88. The lowest BCUT2D eigenvalue weighted by atomic mass is 10.1. The maximum Gasteiger partial charge on any atom is 0.275 e. The smallest absolute Gasteiger partial charge is 0.275 e. The first kappa shape index (κ1) is 17.3. The highest BCUT2D eigenvalue weighted by Gasteiger charge is 2.28. The van der Waals surface area contributed by atoms with Crippen LogP contribution in [0.2, 0.25) is 0 Å². The van der Waals surface area contributed by atoms with Crippen LogP contribution in [0.4, 0.5) is 11.5 Å². The van der Waals surface area contributed by atoms with Crippen molar-refractivity contribution >= 4 is 27.2 Å².